The third-order valence-corrected chi connectivity index (χ3v) is 6.53. The molecule has 0 aliphatic carbocycles. The lowest BCUT2D eigenvalue weighted by atomic mass is 10.0. The number of pyridine rings is 2. The minimum atomic E-state index is -4.82. The van der Waals surface area contributed by atoms with Crippen LogP contribution >= 0.6 is 0 Å². The van der Waals surface area contributed by atoms with E-state index in [0.717, 1.165) is 4.90 Å². The number of methoxy groups -OCH3 is 1. The maximum Gasteiger partial charge on any atom is 0.413 e. The molecule has 4 heterocycles. The first-order valence-electron chi connectivity index (χ1n) is 12.6. The summed E-state index contributed by atoms with van der Waals surface area (Å²) in [5.74, 6) is -0.138. The predicted octanol–water partition coefficient (Wildman–Crippen LogP) is 5.29. The molecule has 1 N–H and O–H groups in total. The van der Waals surface area contributed by atoms with Gasteiger partial charge in [0.05, 0.1) is 7.11 Å². The second-order valence-corrected chi connectivity index (χ2v) is 10.6. The Morgan fingerprint density at radius 2 is 1.93 bits per heavy atom. The molecule has 1 aliphatic rings. The van der Waals surface area contributed by atoms with Gasteiger partial charge in [-0.2, -0.15) is 13.2 Å². The minimum Gasteiger partial charge on any atom is -0.494 e. The molecular formula is C27H28F4N6O3. The van der Waals surface area contributed by atoms with Gasteiger partial charge < -0.3 is 14.8 Å². The highest BCUT2D eigenvalue weighted by Crippen LogP contribution is 2.41. The number of ether oxygens (including phenoxy) is 2. The molecule has 0 radical (unpaired) electrons. The van der Waals surface area contributed by atoms with Gasteiger partial charge in [-0.05, 0) is 51.9 Å². The highest BCUT2D eigenvalue weighted by atomic mass is 19.4. The molecule has 0 spiro atoms. The van der Waals surface area contributed by atoms with Crippen LogP contribution in [0.5, 0.6) is 5.75 Å². The molecule has 1 aliphatic heterocycles. The third kappa shape index (κ3) is 5.37. The zero-order chi connectivity index (χ0) is 28.8. The van der Waals surface area contributed by atoms with Crippen molar-refractivity contribution >= 4 is 22.6 Å². The van der Waals surface area contributed by atoms with E-state index in [1.54, 1.807) is 32.9 Å². The summed E-state index contributed by atoms with van der Waals surface area (Å²) >= 11 is 0. The molecule has 1 amide bonds. The standard InChI is InChI=1S/C27H28F4N6O3/c1-26(2,3)40-25(38)37(18-9-10-32-13-18)23(27(29,30)31)16-6-8-21-34-35-24(36(21)14-16)19-7-5-15-11-17(28)12-20(39-4)22(15)33-19/h5-8,11-12,14,18,23,32H,9-10,13H2,1-4H3/t18-,23+/m0/s1. The van der Waals surface area contributed by atoms with Crippen molar-refractivity contribution in [2.45, 2.75) is 51.1 Å². The van der Waals surface area contributed by atoms with Crippen LogP contribution in [0.25, 0.3) is 28.1 Å². The van der Waals surface area contributed by atoms with Gasteiger partial charge in [-0.1, -0.05) is 12.1 Å². The Morgan fingerprint density at radius 3 is 2.58 bits per heavy atom. The Bertz CT molecular complexity index is 1560. The molecule has 9 nitrogen and oxygen atoms in total. The average Bonchev–Trinajstić information content (AvgIpc) is 3.54. The molecule has 212 valence electrons. The first kappa shape index (κ1) is 27.6. The van der Waals surface area contributed by atoms with E-state index in [9.17, 15) is 22.4 Å². The number of benzene rings is 1. The number of alkyl halides is 3. The van der Waals surface area contributed by atoms with Crippen molar-refractivity contribution in [2.75, 3.05) is 20.2 Å². The molecule has 3 aromatic heterocycles. The van der Waals surface area contributed by atoms with Crippen molar-refractivity contribution < 1.29 is 31.8 Å². The number of aromatic nitrogens is 4. The number of carbonyl (C=O) groups excluding carboxylic acids is 1. The lowest BCUT2D eigenvalue weighted by Crippen LogP contribution is -2.50. The lowest BCUT2D eigenvalue weighted by molar-refractivity contribution is -0.188. The van der Waals surface area contributed by atoms with Crippen molar-refractivity contribution in [1.29, 1.82) is 0 Å². The van der Waals surface area contributed by atoms with E-state index in [0.29, 0.717) is 23.9 Å². The molecule has 1 saturated heterocycles. The van der Waals surface area contributed by atoms with Crippen LogP contribution in [0.4, 0.5) is 22.4 Å². The molecule has 1 aromatic carbocycles. The molecule has 0 unspecified atom stereocenters. The van der Waals surface area contributed by atoms with Crippen molar-refractivity contribution in [1.82, 2.24) is 29.8 Å². The molecular weight excluding hydrogens is 532 g/mol. The van der Waals surface area contributed by atoms with Gasteiger partial charge in [0.1, 0.15) is 28.4 Å². The van der Waals surface area contributed by atoms with Gasteiger partial charge in [-0.15, -0.1) is 10.2 Å². The van der Waals surface area contributed by atoms with Gasteiger partial charge in [-0.3, -0.25) is 9.30 Å². The van der Waals surface area contributed by atoms with Gasteiger partial charge in [0, 0.05) is 35.8 Å². The number of nitrogens with zero attached hydrogens (tertiary/aromatic N) is 5. The fourth-order valence-corrected chi connectivity index (χ4v) is 4.86. The van der Waals surface area contributed by atoms with E-state index in [1.807, 2.05) is 0 Å². The zero-order valence-electron chi connectivity index (χ0n) is 22.3. The second-order valence-electron chi connectivity index (χ2n) is 10.6. The monoisotopic (exact) mass is 560 g/mol. The number of nitrogens with one attached hydrogen (secondary N) is 1. The second kappa shape index (κ2) is 10.2. The van der Waals surface area contributed by atoms with Crippen molar-refractivity contribution in [3.8, 4) is 17.3 Å². The number of carbonyl (C=O) groups is 1. The van der Waals surface area contributed by atoms with E-state index in [2.05, 4.69) is 20.5 Å². The third-order valence-electron chi connectivity index (χ3n) is 6.53. The smallest absolute Gasteiger partial charge is 0.413 e. The van der Waals surface area contributed by atoms with Crippen LogP contribution in [0, 0.1) is 5.82 Å². The number of fused-ring (bicyclic) bond motifs is 2. The highest BCUT2D eigenvalue weighted by molar-refractivity contribution is 5.86. The average molecular weight is 561 g/mol. The number of amides is 1. The minimum absolute atomic E-state index is 0.164. The van der Waals surface area contributed by atoms with Crippen molar-refractivity contribution in [3.05, 3.63) is 54.0 Å². The van der Waals surface area contributed by atoms with E-state index in [4.69, 9.17) is 9.47 Å². The van der Waals surface area contributed by atoms with Gasteiger partial charge in [0.15, 0.2) is 17.5 Å². The Hall–Kier alpha value is -4.00. The first-order chi connectivity index (χ1) is 18.9. The maximum absolute atomic E-state index is 14.8. The Kier molecular flexibility index (Phi) is 7.02. The van der Waals surface area contributed by atoms with E-state index < -0.39 is 35.8 Å². The summed E-state index contributed by atoms with van der Waals surface area (Å²) in [5, 5.41) is 11.7. The van der Waals surface area contributed by atoms with E-state index >= 15 is 0 Å². The summed E-state index contributed by atoms with van der Waals surface area (Å²) in [7, 11) is 1.38. The van der Waals surface area contributed by atoms with E-state index in [-0.39, 0.29) is 35.0 Å². The highest BCUT2D eigenvalue weighted by Gasteiger charge is 2.50. The van der Waals surface area contributed by atoms with Crippen LogP contribution in [0.2, 0.25) is 0 Å². The normalized spacial score (nSPS) is 16.9. The fraction of sp³-hybridized carbons (Fsp3) is 0.407. The first-order valence-corrected chi connectivity index (χ1v) is 12.6. The number of rotatable bonds is 5. The number of hydrogen-bond acceptors (Lipinski definition) is 7. The molecule has 4 aromatic rings. The number of halogens is 4. The summed E-state index contributed by atoms with van der Waals surface area (Å²) in [6.07, 6.45) is -4.27. The summed E-state index contributed by atoms with van der Waals surface area (Å²) in [4.78, 5) is 18.5. The molecule has 40 heavy (non-hydrogen) atoms. The lowest BCUT2D eigenvalue weighted by Gasteiger charge is -2.38. The van der Waals surface area contributed by atoms with Crippen LogP contribution in [0.3, 0.4) is 0 Å². The zero-order valence-corrected chi connectivity index (χ0v) is 22.3. The molecule has 0 saturated carbocycles. The molecule has 13 heteroatoms. The van der Waals surface area contributed by atoms with Crippen LogP contribution in [0.1, 0.15) is 38.8 Å². The molecule has 1 fully saturated rings. The van der Waals surface area contributed by atoms with Gasteiger partial charge in [-0.25, -0.2) is 14.2 Å². The molecule has 0 bridgehead atoms. The van der Waals surface area contributed by atoms with Crippen LogP contribution < -0.4 is 10.1 Å². The summed E-state index contributed by atoms with van der Waals surface area (Å²) in [6, 6.07) is 5.34. The number of hydrogen-bond donors (Lipinski definition) is 1. The van der Waals surface area contributed by atoms with Crippen LogP contribution in [-0.2, 0) is 4.74 Å². The largest absolute Gasteiger partial charge is 0.494 e. The predicted molar refractivity (Wildman–Crippen MR) is 138 cm³/mol. The quantitative estimate of drug-likeness (QED) is 0.332. The summed E-state index contributed by atoms with van der Waals surface area (Å²) in [6.45, 7) is 5.50. The Balaban J connectivity index is 1.63. The van der Waals surface area contributed by atoms with E-state index in [1.165, 1.54) is 42.0 Å². The van der Waals surface area contributed by atoms with Crippen LogP contribution in [-0.4, -0.2) is 68.6 Å². The topological polar surface area (TPSA) is 93.9 Å². The van der Waals surface area contributed by atoms with Crippen molar-refractivity contribution in [3.63, 3.8) is 0 Å². The SMILES string of the molecule is COc1cc(F)cc2ccc(-c3nnc4ccc([C@@H](N(C(=O)OC(C)(C)C)[C@H]5CCNC5)C(F)(F)F)cn34)nc12. The fourth-order valence-electron chi connectivity index (χ4n) is 4.86. The molecule has 2 atom stereocenters. The van der Waals surface area contributed by atoms with Gasteiger partial charge >= 0.3 is 12.3 Å². The Labute approximate surface area is 227 Å². The van der Waals surface area contributed by atoms with Gasteiger partial charge in [0.2, 0.25) is 0 Å². The van der Waals surface area contributed by atoms with Crippen LogP contribution in [0.15, 0.2) is 42.6 Å². The van der Waals surface area contributed by atoms with Crippen molar-refractivity contribution in [2.24, 2.45) is 0 Å². The summed E-state index contributed by atoms with van der Waals surface area (Å²) < 4.78 is 70.3. The van der Waals surface area contributed by atoms with Gasteiger partial charge in [0.25, 0.3) is 0 Å². The molecule has 5 rings (SSSR count). The maximum atomic E-state index is 14.8. The Morgan fingerprint density at radius 1 is 1.15 bits per heavy atom. The summed E-state index contributed by atoms with van der Waals surface area (Å²) in [5.41, 5.74) is -0.269.